The number of para-hydroxylation sites is 1. The largest absolute Gasteiger partial charge is 0.493 e. The second-order valence-electron chi connectivity index (χ2n) is 5.92. The summed E-state index contributed by atoms with van der Waals surface area (Å²) in [5, 5.41) is 7.29. The number of hydrogen-bond acceptors (Lipinski definition) is 4. The molecule has 0 aliphatic heterocycles. The molecule has 2 rings (SSSR count). The molecule has 5 nitrogen and oxygen atoms in total. The van der Waals surface area contributed by atoms with Crippen molar-refractivity contribution in [1.29, 1.82) is 0 Å². The smallest absolute Gasteiger partial charge is 0.203 e. The highest BCUT2D eigenvalue weighted by Crippen LogP contribution is 2.36. The van der Waals surface area contributed by atoms with Gasteiger partial charge in [-0.15, -0.1) is 0 Å². The molecule has 1 N–H and O–H groups in total. The Balaban J connectivity index is 1.69. The van der Waals surface area contributed by atoms with E-state index in [1.807, 2.05) is 18.2 Å². The van der Waals surface area contributed by atoms with Gasteiger partial charge in [-0.3, -0.25) is 5.10 Å². The molecule has 1 aromatic carbocycles. The first-order chi connectivity index (χ1) is 11.7. The monoisotopic (exact) mass is 332 g/mol. The molecule has 0 unspecified atom stereocenters. The maximum Gasteiger partial charge on any atom is 0.203 e. The SMILES string of the molecule is COc1cccc(OC)c1OCCCCCCc1c(C)n[nH]c1C. The molecule has 2 aromatic rings. The lowest BCUT2D eigenvalue weighted by Crippen LogP contribution is -2.01. The van der Waals surface area contributed by atoms with Crippen LogP contribution in [0.2, 0.25) is 0 Å². The Morgan fingerprint density at radius 1 is 0.958 bits per heavy atom. The van der Waals surface area contributed by atoms with Crippen molar-refractivity contribution in [1.82, 2.24) is 10.2 Å². The molecule has 0 aliphatic rings. The van der Waals surface area contributed by atoms with Gasteiger partial charge in [-0.25, -0.2) is 0 Å². The van der Waals surface area contributed by atoms with Crippen LogP contribution in [0.4, 0.5) is 0 Å². The summed E-state index contributed by atoms with van der Waals surface area (Å²) in [6.45, 7) is 4.82. The number of aryl methyl sites for hydroxylation is 2. The van der Waals surface area contributed by atoms with Gasteiger partial charge in [0.05, 0.1) is 26.5 Å². The molecule has 5 heteroatoms. The maximum atomic E-state index is 5.88. The lowest BCUT2D eigenvalue weighted by molar-refractivity contribution is 0.267. The van der Waals surface area contributed by atoms with E-state index in [9.17, 15) is 0 Å². The van der Waals surface area contributed by atoms with Crippen LogP contribution < -0.4 is 14.2 Å². The Labute approximate surface area is 144 Å². The maximum absolute atomic E-state index is 5.88. The molecule has 0 bridgehead atoms. The van der Waals surface area contributed by atoms with E-state index < -0.39 is 0 Å². The topological polar surface area (TPSA) is 56.4 Å². The van der Waals surface area contributed by atoms with E-state index in [1.165, 1.54) is 24.1 Å². The number of nitrogens with one attached hydrogen (secondary N) is 1. The Morgan fingerprint density at radius 3 is 2.21 bits per heavy atom. The molecule has 0 radical (unpaired) electrons. The molecule has 0 saturated carbocycles. The van der Waals surface area contributed by atoms with Gasteiger partial charge < -0.3 is 14.2 Å². The van der Waals surface area contributed by atoms with Crippen LogP contribution in [-0.2, 0) is 6.42 Å². The summed E-state index contributed by atoms with van der Waals surface area (Å²) in [7, 11) is 3.28. The van der Waals surface area contributed by atoms with Crippen LogP contribution in [-0.4, -0.2) is 31.0 Å². The zero-order chi connectivity index (χ0) is 17.4. The van der Waals surface area contributed by atoms with E-state index in [-0.39, 0.29) is 0 Å². The molecule has 0 atom stereocenters. The highest BCUT2D eigenvalue weighted by atomic mass is 16.5. The third kappa shape index (κ3) is 4.66. The molecule has 0 aliphatic carbocycles. The van der Waals surface area contributed by atoms with E-state index in [0.29, 0.717) is 23.9 Å². The number of unbranched alkanes of at least 4 members (excludes halogenated alkanes) is 3. The quantitative estimate of drug-likeness (QED) is 0.662. The number of hydrogen-bond donors (Lipinski definition) is 1. The lowest BCUT2D eigenvalue weighted by Gasteiger charge is -2.14. The number of nitrogens with zero attached hydrogens (tertiary/aromatic N) is 1. The molecule has 24 heavy (non-hydrogen) atoms. The second-order valence-corrected chi connectivity index (χ2v) is 5.92. The van der Waals surface area contributed by atoms with Crippen LogP contribution in [0.1, 0.15) is 42.6 Å². The zero-order valence-corrected chi connectivity index (χ0v) is 15.1. The van der Waals surface area contributed by atoms with Gasteiger partial charge in [-0.05, 0) is 50.8 Å². The summed E-state index contributed by atoms with van der Waals surface area (Å²) in [6.07, 6.45) is 5.63. The first kappa shape index (κ1) is 18.2. The van der Waals surface area contributed by atoms with Crippen molar-refractivity contribution >= 4 is 0 Å². The highest BCUT2D eigenvalue weighted by Gasteiger charge is 2.10. The minimum atomic E-state index is 0.667. The van der Waals surface area contributed by atoms with Crippen LogP contribution in [0.3, 0.4) is 0 Å². The summed E-state index contributed by atoms with van der Waals surface area (Å²) in [5.74, 6) is 2.10. The summed E-state index contributed by atoms with van der Waals surface area (Å²) >= 11 is 0. The molecule has 1 aromatic heterocycles. The molecule has 1 heterocycles. The first-order valence-electron chi connectivity index (χ1n) is 8.51. The molecular formula is C19H28N2O3. The van der Waals surface area contributed by atoms with Crippen molar-refractivity contribution < 1.29 is 14.2 Å². The number of benzene rings is 1. The van der Waals surface area contributed by atoms with E-state index in [0.717, 1.165) is 25.0 Å². The Hall–Kier alpha value is -2.17. The van der Waals surface area contributed by atoms with Gasteiger partial charge in [0.2, 0.25) is 5.75 Å². The summed E-state index contributed by atoms with van der Waals surface area (Å²) in [5.41, 5.74) is 3.68. The standard InChI is InChI=1S/C19H28N2O3/c1-14-16(15(2)21-20-14)10-7-5-6-8-13-24-19-17(22-3)11-9-12-18(19)23-4/h9,11-12H,5-8,10,13H2,1-4H3,(H,20,21). The van der Waals surface area contributed by atoms with Gasteiger partial charge in [0, 0.05) is 5.69 Å². The zero-order valence-electron chi connectivity index (χ0n) is 15.1. The lowest BCUT2D eigenvalue weighted by atomic mass is 10.0. The average molecular weight is 332 g/mol. The van der Waals surface area contributed by atoms with Crippen molar-refractivity contribution in [3.05, 3.63) is 35.2 Å². The van der Waals surface area contributed by atoms with Gasteiger partial charge in [-0.2, -0.15) is 5.10 Å². The van der Waals surface area contributed by atoms with Crippen LogP contribution >= 0.6 is 0 Å². The highest BCUT2D eigenvalue weighted by molar-refractivity contribution is 5.51. The normalized spacial score (nSPS) is 10.7. The fourth-order valence-corrected chi connectivity index (χ4v) is 2.83. The number of H-pyrrole nitrogens is 1. The molecule has 0 fully saturated rings. The predicted molar refractivity (Wildman–Crippen MR) is 95.3 cm³/mol. The molecule has 0 saturated heterocycles. The van der Waals surface area contributed by atoms with Crippen LogP contribution in [0.25, 0.3) is 0 Å². The van der Waals surface area contributed by atoms with Gasteiger partial charge in [-0.1, -0.05) is 18.9 Å². The van der Waals surface area contributed by atoms with Crippen LogP contribution in [0.5, 0.6) is 17.2 Å². The van der Waals surface area contributed by atoms with E-state index in [2.05, 4.69) is 24.0 Å². The van der Waals surface area contributed by atoms with Crippen molar-refractivity contribution in [3.63, 3.8) is 0 Å². The Morgan fingerprint density at radius 2 is 1.62 bits per heavy atom. The molecule has 0 spiro atoms. The molecule has 132 valence electrons. The van der Waals surface area contributed by atoms with E-state index in [1.54, 1.807) is 14.2 Å². The molecular weight excluding hydrogens is 304 g/mol. The van der Waals surface area contributed by atoms with Crippen LogP contribution in [0.15, 0.2) is 18.2 Å². The Kier molecular flexibility index (Phi) is 6.97. The third-order valence-electron chi connectivity index (χ3n) is 4.23. The summed E-state index contributed by atoms with van der Waals surface area (Å²) < 4.78 is 16.5. The first-order valence-corrected chi connectivity index (χ1v) is 8.51. The Bertz CT molecular complexity index is 596. The fourth-order valence-electron chi connectivity index (χ4n) is 2.83. The average Bonchev–Trinajstić information content (AvgIpc) is 2.92. The van der Waals surface area contributed by atoms with Crippen molar-refractivity contribution in [2.24, 2.45) is 0 Å². The van der Waals surface area contributed by atoms with E-state index >= 15 is 0 Å². The van der Waals surface area contributed by atoms with Crippen molar-refractivity contribution in [2.75, 3.05) is 20.8 Å². The van der Waals surface area contributed by atoms with Crippen molar-refractivity contribution in [3.8, 4) is 17.2 Å². The molecule has 0 amide bonds. The van der Waals surface area contributed by atoms with Gasteiger partial charge in [0.15, 0.2) is 11.5 Å². The minimum Gasteiger partial charge on any atom is -0.493 e. The summed E-state index contributed by atoms with van der Waals surface area (Å²) in [6, 6.07) is 5.66. The van der Waals surface area contributed by atoms with E-state index in [4.69, 9.17) is 14.2 Å². The number of aromatic amines is 1. The number of ether oxygens (including phenoxy) is 3. The van der Waals surface area contributed by atoms with Gasteiger partial charge in [0.25, 0.3) is 0 Å². The van der Waals surface area contributed by atoms with Crippen molar-refractivity contribution in [2.45, 2.75) is 46.0 Å². The number of methoxy groups -OCH3 is 2. The van der Waals surface area contributed by atoms with Gasteiger partial charge in [0.1, 0.15) is 0 Å². The summed E-state index contributed by atoms with van der Waals surface area (Å²) in [4.78, 5) is 0. The van der Waals surface area contributed by atoms with Crippen LogP contribution in [0, 0.1) is 13.8 Å². The second kappa shape index (κ2) is 9.21. The van der Waals surface area contributed by atoms with Gasteiger partial charge >= 0.3 is 0 Å². The third-order valence-corrected chi connectivity index (χ3v) is 4.23. The minimum absolute atomic E-state index is 0.667. The fraction of sp³-hybridized carbons (Fsp3) is 0.526. The number of rotatable bonds is 10. The predicted octanol–water partition coefficient (Wildman–Crippen LogP) is 4.23. The number of aromatic nitrogens is 2.